The third-order valence-corrected chi connectivity index (χ3v) is 8.28. The number of rotatable bonds is 4. The predicted molar refractivity (Wildman–Crippen MR) is 134 cm³/mol. The smallest absolute Gasteiger partial charge is 0.410 e. The average molecular weight is 472 g/mol. The van der Waals surface area contributed by atoms with Crippen LogP contribution in [0, 0.1) is 20.8 Å². The molecular formula is C26H33NO3S2. The molecule has 0 aromatic carbocycles. The zero-order valence-electron chi connectivity index (χ0n) is 20.0. The van der Waals surface area contributed by atoms with Crippen molar-refractivity contribution in [2.24, 2.45) is 0 Å². The van der Waals surface area contributed by atoms with Crippen LogP contribution < -0.4 is 0 Å². The Balaban J connectivity index is 1.62. The van der Waals surface area contributed by atoms with E-state index in [4.69, 9.17) is 4.74 Å². The highest BCUT2D eigenvalue weighted by atomic mass is 32.1. The van der Waals surface area contributed by atoms with E-state index in [1.54, 1.807) is 16.2 Å². The van der Waals surface area contributed by atoms with Crippen LogP contribution in [0.5, 0.6) is 0 Å². The Morgan fingerprint density at radius 3 is 2.19 bits per heavy atom. The molecule has 1 aliphatic carbocycles. The monoisotopic (exact) mass is 471 g/mol. The van der Waals surface area contributed by atoms with Crippen LogP contribution >= 0.6 is 22.7 Å². The van der Waals surface area contributed by atoms with Crippen LogP contribution in [0.1, 0.15) is 88.3 Å². The number of ketones is 1. The molecule has 2 aromatic rings. The summed E-state index contributed by atoms with van der Waals surface area (Å²) in [6.07, 6.45) is 4.46. The van der Waals surface area contributed by atoms with Gasteiger partial charge in [0.15, 0.2) is 5.78 Å². The van der Waals surface area contributed by atoms with Gasteiger partial charge in [-0.2, -0.15) is 0 Å². The molecule has 1 aliphatic heterocycles. The first-order valence-electron chi connectivity index (χ1n) is 11.5. The van der Waals surface area contributed by atoms with Gasteiger partial charge in [-0.3, -0.25) is 9.69 Å². The topological polar surface area (TPSA) is 46.6 Å². The summed E-state index contributed by atoms with van der Waals surface area (Å²) in [5, 5.41) is 0. The van der Waals surface area contributed by atoms with E-state index in [-0.39, 0.29) is 11.9 Å². The van der Waals surface area contributed by atoms with Crippen molar-refractivity contribution in [3.63, 3.8) is 0 Å². The molecule has 0 N–H and O–H groups in total. The van der Waals surface area contributed by atoms with E-state index in [9.17, 15) is 9.59 Å². The molecule has 4 nitrogen and oxygen atoms in total. The second kappa shape index (κ2) is 8.79. The van der Waals surface area contributed by atoms with Gasteiger partial charge < -0.3 is 4.74 Å². The van der Waals surface area contributed by atoms with Crippen LogP contribution in [0.3, 0.4) is 0 Å². The first-order valence-corrected chi connectivity index (χ1v) is 13.1. The largest absolute Gasteiger partial charge is 0.444 e. The van der Waals surface area contributed by atoms with Crippen molar-refractivity contribution in [2.75, 3.05) is 6.54 Å². The van der Waals surface area contributed by atoms with E-state index in [0.717, 1.165) is 30.6 Å². The molecule has 172 valence electrons. The van der Waals surface area contributed by atoms with Crippen LogP contribution in [-0.4, -0.2) is 35.0 Å². The number of carbonyl (C=O) groups excluding carboxylic acids is 2. The predicted octanol–water partition coefficient (Wildman–Crippen LogP) is 7.41. The van der Waals surface area contributed by atoms with Crippen LogP contribution in [0.4, 0.5) is 4.79 Å². The third-order valence-electron chi connectivity index (χ3n) is 6.25. The quantitative estimate of drug-likeness (QED) is 0.436. The van der Waals surface area contributed by atoms with Gasteiger partial charge in [0.1, 0.15) is 5.60 Å². The van der Waals surface area contributed by atoms with Crippen LogP contribution in [0.2, 0.25) is 0 Å². The number of Topliss-reactive ketones (excluding diaryl/α,β-unsaturated/α-hetero) is 1. The van der Waals surface area contributed by atoms with E-state index in [2.05, 4.69) is 32.9 Å². The lowest BCUT2D eigenvalue weighted by molar-refractivity contribution is 0.0223. The number of ether oxygens (including phenoxy) is 1. The van der Waals surface area contributed by atoms with Gasteiger partial charge in [-0.05, 0) is 108 Å². The van der Waals surface area contributed by atoms with E-state index in [0.29, 0.717) is 13.0 Å². The molecule has 1 saturated heterocycles. The summed E-state index contributed by atoms with van der Waals surface area (Å²) < 4.78 is 5.56. The zero-order valence-corrected chi connectivity index (χ0v) is 21.6. The Labute approximate surface area is 199 Å². The summed E-state index contributed by atoms with van der Waals surface area (Å²) in [6, 6.07) is 3.98. The number of amides is 1. The molecule has 4 rings (SSSR count). The fraction of sp³-hybridized carbons (Fsp3) is 0.538. The minimum atomic E-state index is -0.566. The van der Waals surface area contributed by atoms with Crippen LogP contribution in [0.15, 0.2) is 12.1 Å². The lowest BCUT2D eigenvalue weighted by Gasteiger charge is -2.27. The lowest BCUT2D eigenvalue weighted by atomic mass is 9.97. The van der Waals surface area contributed by atoms with E-state index in [1.807, 2.05) is 32.1 Å². The van der Waals surface area contributed by atoms with Crippen LogP contribution in [-0.2, 0) is 4.74 Å². The van der Waals surface area contributed by atoms with Gasteiger partial charge in [-0.1, -0.05) is 0 Å². The average Bonchev–Trinajstić information content (AvgIpc) is 3.45. The van der Waals surface area contributed by atoms with Crippen molar-refractivity contribution < 1.29 is 14.3 Å². The maximum Gasteiger partial charge on any atom is 0.410 e. The molecule has 1 atom stereocenters. The SMILES string of the molecule is Cc1cc(C2=C(c3cc(C(=O)[C@@H]4CCCN4C(=O)OC(C)(C)C)sc3C)CCC2)c(C)s1. The van der Waals surface area contributed by atoms with Crippen molar-refractivity contribution in [1.29, 1.82) is 0 Å². The molecule has 0 saturated carbocycles. The van der Waals surface area contributed by atoms with Crippen molar-refractivity contribution in [2.45, 2.75) is 85.3 Å². The van der Waals surface area contributed by atoms with E-state index in [1.165, 1.54) is 36.9 Å². The van der Waals surface area contributed by atoms with Gasteiger partial charge in [0.25, 0.3) is 0 Å². The second-order valence-corrected chi connectivity index (χ2v) is 12.6. The molecule has 1 amide bonds. The van der Waals surface area contributed by atoms with Crippen LogP contribution in [0.25, 0.3) is 11.1 Å². The minimum absolute atomic E-state index is 0.0513. The number of allylic oxidation sites excluding steroid dienone is 2. The first kappa shape index (κ1) is 23.2. The summed E-state index contributed by atoms with van der Waals surface area (Å²) in [5.74, 6) is 0.0513. The Morgan fingerprint density at radius 2 is 1.59 bits per heavy atom. The molecule has 2 aliphatic rings. The molecule has 0 radical (unpaired) electrons. The highest BCUT2D eigenvalue weighted by Crippen LogP contribution is 2.45. The van der Waals surface area contributed by atoms with Crippen molar-refractivity contribution in [3.05, 3.63) is 42.8 Å². The van der Waals surface area contributed by atoms with Crippen molar-refractivity contribution >= 4 is 45.7 Å². The second-order valence-electron chi connectivity index (χ2n) is 9.91. The number of nitrogens with zero attached hydrogens (tertiary/aromatic N) is 1. The standard InChI is InChI=1S/C26H33NO3S2/c1-15-13-20(16(2)31-15)18-9-7-10-19(18)21-14-23(32-17(21)3)24(28)22-11-8-12-27(22)25(29)30-26(4,5)6/h13-14,22H,7-12H2,1-6H3/t22-/m0/s1. The van der Waals surface area contributed by atoms with Crippen molar-refractivity contribution in [3.8, 4) is 0 Å². The molecule has 0 bridgehead atoms. The molecule has 6 heteroatoms. The van der Waals surface area contributed by atoms with Gasteiger partial charge in [-0.25, -0.2) is 4.79 Å². The van der Waals surface area contributed by atoms with Gasteiger partial charge >= 0.3 is 6.09 Å². The van der Waals surface area contributed by atoms with Crippen molar-refractivity contribution in [1.82, 2.24) is 4.90 Å². The first-order chi connectivity index (χ1) is 15.0. The molecule has 3 heterocycles. The molecule has 0 unspecified atom stereocenters. The number of likely N-dealkylation sites (tertiary alicyclic amines) is 1. The van der Waals surface area contributed by atoms with Gasteiger partial charge in [0.05, 0.1) is 10.9 Å². The molecule has 2 aromatic heterocycles. The van der Waals surface area contributed by atoms with Gasteiger partial charge in [0.2, 0.25) is 0 Å². The number of hydrogen-bond donors (Lipinski definition) is 0. The number of aryl methyl sites for hydroxylation is 3. The minimum Gasteiger partial charge on any atom is -0.444 e. The van der Waals surface area contributed by atoms with Gasteiger partial charge in [0, 0.05) is 21.2 Å². The summed E-state index contributed by atoms with van der Waals surface area (Å²) in [7, 11) is 0. The summed E-state index contributed by atoms with van der Waals surface area (Å²) >= 11 is 3.43. The Bertz CT molecular complexity index is 1080. The van der Waals surface area contributed by atoms with E-state index >= 15 is 0 Å². The number of hydrogen-bond acceptors (Lipinski definition) is 5. The Morgan fingerprint density at radius 1 is 0.969 bits per heavy atom. The normalized spacial score (nSPS) is 19.2. The number of carbonyl (C=O) groups is 2. The molecule has 1 fully saturated rings. The Hall–Kier alpha value is -1.92. The third kappa shape index (κ3) is 4.58. The molecule has 0 spiro atoms. The summed E-state index contributed by atoms with van der Waals surface area (Å²) in [5.41, 5.74) is 4.88. The molecule has 32 heavy (non-hydrogen) atoms. The summed E-state index contributed by atoms with van der Waals surface area (Å²) in [6.45, 7) is 12.6. The highest BCUT2D eigenvalue weighted by Gasteiger charge is 2.38. The number of thiophene rings is 2. The van der Waals surface area contributed by atoms with E-state index < -0.39 is 11.6 Å². The maximum atomic E-state index is 13.5. The fourth-order valence-electron chi connectivity index (χ4n) is 4.91. The Kier molecular flexibility index (Phi) is 6.38. The van der Waals surface area contributed by atoms with Gasteiger partial charge in [-0.15, -0.1) is 22.7 Å². The maximum absolute atomic E-state index is 13.5. The highest BCUT2D eigenvalue weighted by molar-refractivity contribution is 7.14. The zero-order chi connectivity index (χ0) is 23.2. The molecular weight excluding hydrogens is 438 g/mol. The fourth-order valence-corrected chi connectivity index (χ4v) is 6.90. The lowest BCUT2D eigenvalue weighted by Crippen LogP contribution is -2.43. The summed E-state index contributed by atoms with van der Waals surface area (Å²) in [4.78, 5) is 32.4.